The van der Waals surface area contributed by atoms with E-state index in [2.05, 4.69) is 27.1 Å². The van der Waals surface area contributed by atoms with Crippen molar-refractivity contribution in [3.05, 3.63) is 76.8 Å². The molecule has 4 rings (SSSR count). The number of benzene rings is 1. The van der Waals surface area contributed by atoms with Crippen molar-refractivity contribution in [2.24, 2.45) is 0 Å². The number of hydrogen-bond acceptors (Lipinski definition) is 4. The summed E-state index contributed by atoms with van der Waals surface area (Å²) in [6, 6.07) is 5.50. The maximum Gasteiger partial charge on any atom is 0.128 e. The molecule has 0 atom stereocenters. The van der Waals surface area contributed by atoms with E-state index >= 15 is 0 Å². The van der Waals surface area contributed by atoms with Gasteiger partial charge in [0.15, 0.2) is 0 Å². The maximum absolute atomic E-state index is 13.4. The number of halogens is 4. The molecule has 0 N–H and O–H groups in total. The predicted molar refractivity (Wildman–Crippen MR) is 122 cm³/mol. The Morgan fingerprint density at radius 3 is 2.45 bits per heavy atom. The van der Waals surface area contributed by atoms with Gasteiger partial charge in [-0.1, -0.05) is 23.8 Å². The van der Waals surface area contributed by atoms with Crippen LogP contribution in [0.5, 0.6) is 0 Å². The lowest BCUT2D eigenvalue weighted by Crippen LogP contribution is -2.46. The summed E-state index contributed by atoms with van der Waals surface area (Å²) in [6.45, 7) is 5.91. The fourth-order valence-corrected chi connectivity index (χ4v) is 3.81. The van der Waals surface area contributed by atoms with E-state index in [4.69, 9.17) is 11.6 Å². The highest BCUT2D eigenvalue weighted by Crippen LogP contribution is 2.22. The summed E-state index contributed by atoms with van der Waals surface area (Å²) < 4.78 is 28.7. The maximum atomic E-state index is 13.4. The molecule has 0 saturated carbocycles. The Morgan fingerprint density at radius 2 is 1.77 bits per heavy atom. The third-order valence-corrected chi connectivity index (χ3v) is 5.56. The molecule has 1 aromatic carbocycles. The lowest BCUT2D eigenvalue weighted by Gasteiger charge is -2.35. The minimum absolute atomic E-state index is 0. The standard InChI is InChI=1S/C22H22ClF2N5.ClH/c1-16-17(14-27-30(16)22-4-5-26-15-21(22)23)3-2-6-28-7-9-29(10-8-28)20-12-18(24)11-19(25)13-20;/h2-5,11-15H,6-10H2,1H3;1H. The monoisotopic (exact) mass is 465 g/mol. The zero-order valence-corrected chi connectivity index (χ0v) is 18.6. The summed E-state index contributed by atoms with van der Waals surface area (Å²) in [5, 5.41) is 4.99. The van der Waals surface area contributed by atoms with Gasteiger partial charge in [0.1, 0.15) is 11.6 Å². The van der Waals surface area contributed by atoms with Crippen LogP contribution in [0.15, 0.2) is 48.9 Å². The Kier molecular flexibility index (Phi) is 7.64. The zero-order chi connectivity index (χ0) is 21.1. The van der Waals surface area contributed by atoms with Crippen molar-refractivity contribution in [2.75, 3.05) is 37.6 Å². The Morgan fingerprint density at radius 1 is 1.06 bits per heavy atom. The number of piperazine rings is 1. The molecule has 1 aliphatic heterocycles. The summed E-state index contributed by atoms with van der Waals surface area (Å²) in [4.78, 5) is 8.33. The summed E-state index contributed by atoms with van der Waals surface area (Å²) in [7, 11) is 0. The molecule has 0 amide bonds. The number of pyridine rings is 1. The van der Waals surface area contributed by atoms with Crippen molar-refractivity contribution in [3.8, 4) is 5.69 Å². The first kappa shape index (κ1) is 23.2. The van der Waals surface area contributed by atoms with Gasteiger partial charge in [-0.05, 0) is 25.1 Å². The van der Waals surface area contributed by atoms with Crippen LogP contribution in [0.1, 0.15) is 11.3 Å². The molecule has 164 valence electrons. The van der Waals surface area contributed by atoms with Gasteiger partial charge < -0.3 is 4.90 Å². The number of hydrogen-bond donors (Lipinski definition) is 0. The van der Waals surface area contributed by atoms with E-state index in [9.17, 15) is 8.78 Å². The molecule has 9 heteroatoms. The summed E-state index contributed by atoms with van der Waals surface area (Å²) in [6.07, 6.45) is 9.28. The molecule has 0 spiro atoms. The van der Waals surface area contributed by atoms with Crippen LogP contribution in [0, 0.1) is 18.6 Å². The summed E-state index contributed by atoms with van der Waals surface area (Å²) in [5.41, 5.74) is 3.42. The molecule has 3 aromatic rings. The van der Waals surface area contributed by atoms with Crippen molar-refractivity contribution in [2.45, 2.75) is 6.92 Å². The fourth-order valence-electron chi connectivity index (χ4n) is 3.61. The molecule has 3 heterocycles. The third-order valence-electron chi connectivity index (χ3n) is 5.27. The molecule has 31 heavy (non-hydrogen) atoms. The minimum Gasteiger partial charge on any atom is -0.369 e. The third kappa shape index (κ3) is 5.42. The highest BCUT2D eigenvalue weighted by Gasteiger charge is 2.17. The number of anilines is 1. The van der Waals surface area contributed by atoms with Crippen molar-refractivity contribution in [3.63, 3.8) is 0 Å². The number of nitrogens with zero attached hydrogens (tertiary/aromatic N) is 5. The van der Waals surface area contributed by atoms with Gasteiger partial charge >= 0.3 is 0 Å². The summed E-state index contributed by atoms with van der Waals surface area (Å²) in [5.74, 6) is -1.08. The van der Waals surface area contributed by atoms with E-state index in [1.807, 2.05) is 24.1 Å². The van der Waals surface area contributed by atoms with Gasteiger partial charge in [-0.15, -0.1) is 12.4 Å². The predicted octanol–water partition coefficient (Wildman–Crippen LogP) is 4.76. The number of aromatic nitrogens is 3. The van der Waals surface area contributed by atoms with E-state index in [-0.39, 0.29) is 12.4 Å². The zero-order valence-electron chi connectivity index (χ0n) is 17.0. The van der Waals surface area contributed by atoms with Crippen LogP contribution in [0.4, 0.5) is 14.5 Å². The van der Waals surface area contributed by atoms with Crippen molar-refractivity contribution >= 4 is 35.8 Å². The molecule has 1 aliphatic rings. The van der Waals surface area contributed by atoms with Crippen LogP contribution in [0.25, 0.3) is 11.8 Å². The van der Waals surface area contributed by atoms with Crippen molar-refractivity contribution in [1.82, 2.24) is 19.7 Å². The van der Waals surface area contributed by atoms with Crippen LogP contribution in [0.3, 0.4) is 0 Å². The molecule has 2 aromatic heterocycles. The lowest BCUT2D eigenvalue weighted by atomic mass is 10.2. The molecular weight excluding hydrogens is 443 g/mol. The van der Waals surface area contributed by atoms with Crippen LogP contribution in [-0.4, -0.2) is 52.4 Å². The van der Waals surface area contributed by atoms with E-state index in [1.165, 1.54) is 12.1 Å². The second kappa shape index (κ2) is 10.2. The van der Waals surface area contributed by atoms with Gasteiger partial charge in [0.05, 0.1) is 16.9 Å². The molecule has 5 nitrogen and oxygen atoms in total. The van der Waals surface area contributed by atoms with Crippen molar-refractivity contribution < 1.29 is 8.78 Å². The molecule has 0 aliphatic carbocycles. The van der Waals surface area contributed by atoms with Crippen LogP contribution in [-0.2, 0) is 0 Å². The summed E-state index contributed by atoms with van der Waals surface area (Å²) >= 11 is 6.23. The van der Waals surface area contributed by atoms with Gasteiger partial charge in [-0.2, -0.15) is 5.10 Å². The van der Waals surface area contributed by atoms with E-state index in [0.717, 1.165) is 55.7 Å². The Hall–Kier alpha value is -2.48. The minimum atomic E-state index is -0.542. The average molecular weight is 466 g/mol. The van der Waals surface area contributed by atoms with Gasteiger partial charge in [0.25, 0.3) is 0 Å². The van der Waals surface area contributed by atoms with E-state index in [0.29, 0.717) is 10.7 Å². The topological polar surface area (TPSA) is 37.2 Å². The van der Waals surface area contributed by atoms with Gasteiger partial charge in [0.2, 0.25) is 0 Å². The average Bonchev–Trinajstić information content (AvgIpc) is 3.08. The fraction of sp³-hybridized carbons (Fsp3) is 0.273. The molecule has 0 bridgehead atoms. The smallest absolute Gasteiger partial charge is 0.128 e. The van der Waals surface area contributed by atoms with E-state index in [1.54, 1.807) is 17.1 Å². The normalized spacial score (nSPS) is 14.8. The Balaban J connectivity index is 0.00000272. The lowest BCUT2D eigenvalue weighted by molar-refractivity contribution is 0.284. The van der Waals surface area contributed by atoms with Crippen LogP contribution < -0.4 is 4.90 Å². The highest BCUT2D eigenvalue weighted by molar-refractivity contribution is 6.32. The molecular formula is C22H23Cl2F2N5. The van der Waals surface area contributed by atoms with Gasteiger partial charge in [0, 0.05) is 68.1 Å². The van der Waals surface area contributed by atoms with Gasteiger partial charge in [-0.25, -0.2) is 13.5 Å². The second-order valence-corrected chi connectivity index (χ2v) is 7.65. The van der Waals surface area contributed by atoms with Crippen LogP contribution in [0.2, 0.25) is 5.02 Å². The van der Waals surface area contributed by atoms with Gasteiger partial charge in [-0.3, -0.25) is 9.88 Å². The Labute approximate surface area is 191 Å². The van der Waals surface area contributed by atoms with Crippen LogP contribution >= 0.6 is 24.0 Å². The quantitative estimate of drug-likeness (QED) is 0.543. The first-order chi connectivity index (χ1) is 14.5. The molecule has 1 fully saturated rings. The first-order valence-corrected chi connectivity index (χ1v) is 10.1. The first-order valence-electron chi connectivity index (χ1n) is 9.76. The molecule has 1 saturated heterocycles. The van der Waals surface area contributed by atoms with Crippen molar-refractivity contribution in [1.29, 1.82) is 0 Å². The van der Waals surface area contributed by atoms with E-state index < -0.39 is 11.6 Å². The highest BCUT2D eigenvalue weighted by atomic mass is 35.5. The largest absolute Gasteiger partial charge is 0.369 e. The number of rotatable bonds is 5. The molecule has 0 unspecified atom stereocenters. The second-order valence-electron chi connectivity index (χ2n) is 7.24. The Bertz CT molecular complexity index is 1040. The molecule has 0 radical (unpaired) electrons. The SMILES string of the molecule is Cc1c(C=CCN2CCN(c3cc(F)cc(F)c3)CC2)cnn1-c1ccncc1Cl.Cl.